The summed E-state index contributed by atoms with van der Waals surface area (Å²) in [6, 6.07) is 28.5. The van der Waals surface area contributed by atoms with Crippen molar-refractivity contribution in [2.24, 2.45) is 0 Å². The molecule has 0 saturated heterocycles. The van der Waals surface area contributed by atoms with Gasteiger partial charge >= 0.3 is 0 Å². The van der Waals surface area contributed by atoms with Gasteiger partial charge in [0.15, 0.2) is 0 Å². The Bertz CT molecular complexity index is 2520. The molecule has 7 rings (SSSR count). The summed E-state index contributed by atoms with van der Waals surface area (Å²) in [4.78, 5) is 15.4. The maximum absolute atomic E-state index is 11.2. The predicted octanol–water partition coefficient (Wildman–Crippen LogP) is 10.1. The average molecular weight is 680 g/mol. The highest BCUT2D eigenvalue weighted by Gasteiger charge is 2.29. The van der Waals surface area contributed by atoms with Crippen LogP contribution in [-0.4, -0.2) is 27.0 Å². The van der Waals surface area contributed by atoms with Gasteiger partial charge < -0.3 is 19.4 Å². The summed E-state index contributed by atoms with van der Waals surface area (Å²) in [5, 5.41) is 24.7. The maximum Gasteiger partial charge on any atom is 0.138 e. The van der Waals surface area contributed by atoms with Gasteiger partial charge in [-0.05, 0) is 60.7 Å². The van der Waals surface area contributed by atoms with Crippen LogP contribution in [0.1, 0.15) is 22.3 Å². The lowest BCUT2D eigenvalue weighted by atomic mass is 9.82. The van der Waals surface area contributed by atoms with E-state index in [1.54, 1.807) is 73.6 Å². The van der Waals surface area contributed by atoms with E-state index in [1.807, 2.05) is 42.5 Å². The zero-order valence-corrected chi connectivity index (χ0v) is 27.3. The number of halogens is 2. The van der Waals surface area contributed by atoms with Crippen molar-refractivity contribution in [1.29, 1.82) is 10.5 Å². The largest absolute Gasteiger partial charge is 0.496 e. The molecule has 0 radical (unpaired) electrons. The number of fused-ring (bicyclic) bond motifs is 2. The molecule has 0 bridgehead atoms. The lowest BCUT2D eigenvalue weighted by Gasteiger charge is -2.21. The summed E-state index contributed by atoms with van der Waals surface area (Å²) >= 11 is 13.0. The number of aromatic amines is 2. The van der Waals surface area contributed by atoms with Crippen molar-refractivity contribution in [3.8, 4) is 29.4 Å². The Balaban J connectivity index is 1.68. The van der Waals surface area contributed by atoms with Crippen molar-refractivity contribution < 1.29 is 9.47 Å². The highest BCUT2D eigenvalue weighted by molar-refractivity contribution is 6.33. The number of hydrogen-bond acceptors (Lipinski definition) is 6. The Hall–Kier alpha value is -6.32. The number of methoxy groups -OCH3 is 1. The predicted molar refractivity (Wildman–Crippen MR) is 193 cm³/mol. The minimum atomic E-state index is 0.228. The molecule has 2 N–H and O–H groups in total. The van der Waals surface area contributed by atoms with Crippen molar-refractivity contribution in [1.82, 2.24) is 19.9 Å². The summed E-state index contributed by atoms with van der Waals surface area (Å²) in [5.41, 5.74) is 4.77. The first-order valence-corrected chi connectivity index (χ1v) is 15.7. The lowest BCUT2D eigenvalue weighted by molar-refractivity contribution is 0.413. The van der Waals surface area contributed by atoms with E-state index in [4.69, 9.17) is 32.7 Å². The van der Waals surface area contributed by atoms with E-state index >= 15 is 0 Å². The van der Waals surface area contributed by atoms with Crippen LogP contribution in [-0.2, 0) is 0 Å². The second-order valence-corrected chi connectivity index (χ2v) is 11.7. The van der Waals surface area contributed by atoms with E-state index in [-0.39, 0.29) is 11.1 Å². The number of ether oxygens (including phenoxy) is 2. The molecule has 236 valence electrons. The maximum atomic E-state index is 11.2. The van der Waals surface area contributed by atoms with E-state index in [0.717, 1.165) is 11.0 Å². The molecular formula is C39H24Cl2N6O2. The zero-order valence-electron chi connectivity index (χ0n) is 25.8. The number of allylic oxidation sites excluding steroid dienone is 4. The van der Waals surface area contributed by atoms with Crippen molar-refractivity contribution in [2.75, 3.05) is 7.11 Å². The molecule has 0 aliphatic heterocycles. The summed E-state index contributed by atoms with van der Waals surface area (Å²) in [6.45, 7) is 0. The van der Waals surface area contributed by atoms with Crippen LogP contribution in [0.3, 0.4) is 0 Å². The molecule has 3 aromatic carbocycles. The van der Waals surface area contributed by atoms with Gasteiger partial charge in [-0.1, -0.05) is 41.4 Å². The number of para-hydroxylation sites is 1. The minimum absolute atomic E-state index is 0.228. The lowest BCUT2D eigenvalue weighted by Crippen LogP contribution is -2.03. The number of rotatable bonds is 8. The van der Waals surface area contributed by atoms with Gasteiger partial charge in [-0.3, -0.25) is 9.97 Å². The van der Waals surface area contributed by atoms with Crippen LogP contribution in [0.4, 0.5) is 0 Å². The van der Waals surface area contributed by atoms with Crippen LogP contribution in [0.5, 0.6) is 17.2 Å². The molecule has 0 aliphatic rings. The Morgan fingerprint density at radius 2 is 1.16 bits per heavy atom. The molecule has 7 aromatic rings. The normalized spacial score (nSPS) is 12.2. The SMILES string of the molecule is COc1ccncc1C(/C(=C(/C#N)c1c[nH]c2ccc(Cl)cc12)c1cnccc1Oc1ccccc1)=C(/C#N)c1c[nH]c2ccc(Cl)cc12. The van der Waals surface area contributed by atoms with E-state index in [9.17, 15) is 10.5 Å². The molecule has 10 heteroatoms. The number of nitrogens with one attached hydrogen (secondary N) is 2. The molecule has 0 amide bonds. The molecular weight excluding hydrogens is 655 g/mol. The van der Waals surface area contributed by atoms with Gasteiger partial charge in [-0.2, -0.15) is 10.5 Å². The molecule has 0 atom stereocenters. The van der Waals surface area contributed by atoms with E-state index in [0.29, 0.717) is 71.5 Å². The molecule has 0 unspecified atom stereocenters. The fourth-order valence-corrected chi connectivity index (χ4v) is 6.26. The first kappa shape index (κ1) is 31.3. The first-order chi connectivity index (χ1) is 24.0. The zero-order chi connectivity index (χ0) is 33.9. The molecule has 0 aliphatic carbocycles. The van der Waals surface area contributed by atoms with Gasteiger partial charge in [0.1, 0.15) is 29.4 Å². The van der Waals surface area contributed by atoms with Crippen LogP contribution >= 0.6 is 23.2 Å². The molecule has 0 saturated carbocycles. The third kappa shape index (κ3) is 5.88. The molecule has 0 fully saturated rings. The topological polar surface area (TPSA) is 123 Å². The fraction of sp³-hybridized carbons (Fsp3) is 0.0256. The Kier molecular flexibility index (Phi) is 8.57. The third-order valence-corrected chi connectivity index (χ3v) is 8.56. The highest BCUT2D eigenvalue weighted by Crippen LogP contribution is 2.48. The van der Waals surface area contributed by atoms with Crippen molar-refractivity contribution in [3.05, 3.63) is 148 Å². The van der Waals surface area contributed by atoms with Gasteiger partial charge in [0.2, 0.25) is 0 Å². The van der Waals surface area contributed by atoms with Crippen molar-refractivity contribution >= 4 is 67.3 Å². The van der Waals surface area contributed by atoms with Gasteiger partial charge in [0, 0.05) is 102 Å². The van der Waals surface area contributed by atoms with Gasteiger partial charge in [-0.25, -0.2) is 0 Å². The number of H-pyrrole nitrogens is 2. The monoisotopic (exact) mass is 678 g/mol. The summed E-state index contributed by atoms with van der Waals surface area (Å²) in [5.74, 6) is 1.41. The fourth-order valence-electron chi connectivity index (χ4n) is 5.91. The van der Waals surface area contributed by atoms with E-state index in [1.165, 1.54) is 7.11 Å². The number of pyridine rings is 2. The van der Waals surface area contributed by atoms with E-state index < -0.39 is 0 Å². The number of nitrogens with zero attached hydrogens (tertiary/aromatic N) is 4. The quantitative estimate of drug-likeness (QED) is 0.122. The van der Waals surface area contributed by atoms with Crippen LogP contribution < -0.4 is 9.47 Å². The smallest absolute Gasteiger partial charge is 0.138 e. The van der Waals surface area contributed by atoms with E-state index in [2.05, 4.69) is 32.1 Å². The minimum Gasteiger partial charge on any atom is -0.496 e. The Morgan fingerprint density at radius 1 is 0.653 bits per heavy atom. The van der Waals surface area contributed by atoms with Crippen LogP contribution in [0.2, 0.25) is 10.0 Å². The average Bonchev–Trinajstić information content (AvgIpc) is 3.74. The molecule has 0 spiro atoms. The van der Waals surface area contributed by atoms with Crippen molar-refractivity contribution in [3.63, 3.8) is 0 Å². The van der Waals surface area contributed by atoms with Crippen molar-refractivity contribution in [2.45, 2.75) is 0 Å². The van der Waals surface area contributed by atoms with Crippen LogP contribution in [0.25, 0.3) is 44.1 Å². The Labute approximate surface area is 291 Å². The highest BCUT2D eigenvalue weighted by atomic mass is 35.5. The van der Waals surface area contributed by atoms with Crippen LogP contribution in [0, 0.1) is 22.7 Å². The second kappa shape index (κ2) is 13.4. The number of nitriles is 2. The van der Waals surface area contributed by atoms with Gasteiger partial charge in [0.25, 0.3) is 0 Å². The molecule has 49 heavy (non-hydrogen) atoms. The number of aromatic nitrogens is 4. The van der Waals surface area contributed by atoms with Gasteiger partial charge in [-0.15, -0.1) is 0 Å². The third-order valence-electron chi connectivity index (χ3n) is 8.09. The first-order valence-electron chi connectivity index (χ1n) is 15.0. The summed E-state index contributed by atoms with van der Waals surface area (Å²) < 4.78 is 12.3. The summed E-state index contributed by atoms with van der Waals surface area (Å²) in [7, 11) is 1.54. The molecule has 4 heterocycles. The standard InChI is InChI=1S/C39H24Cl2N6O2/c1-48-36-11-13-44-19-32(36)38(28(17-42)30-21-46-34-9-7-23(40)15-26(30)34)39(29(18-43)31-22-47-35-10-8-24(41)16-27(31)35)33-20-45-14-12-37(33)49-25-5-3-2-4-6-25/h2-16,19-22,46-47H,1H3/b38-28+,39-29-. The molecule has 8 nitrogen and oxygen atoms in total. The number of benzene rings is 3. The number of hydrogen-bond donors (Lipinski definition) is 2. The summed E-state index contributed by atoms with van der Waals surface area (Å²) in [6.07, 6.45) is 9.95. The van der Waals surface area contributed by atoms with Gasteiger partial charge in [0.05, 0.1) is 18.3 Å². The Morgan fingerprint density at radius 3 is 1.67 bits per heavy atom. The second-order valence-electron chi connectivity index (χ2n) is 10.9. The van der Waals surface area contributed by atoms with Crippen LogP contribution in [0.15, 0.2) is 116 Å². The molecule has 4 aromatic heterocycles.